The van der Waals surface area contributed by atoms with Gasteiger partial charge in [0, 0.05) is 25.8 Å². The highest BCUT2D eigenvalue weighted by Crippen LogP contribution is 2.27. The first-order valence-corrected chi connectivity index (χ1v) is 9.43. The van der Waals surface area contributed by atoms with Gasteiger partial charge in [-0.25, -0.2) is 13.6 Å². The number of amides is 1. The maximum absolute atomic E-state index is 13.5. The summed E-state index contributed by atoms with van der Waals surface area (Å²) in [5, 5.41) is 0. The van der Waals surface area contributed by atoms with Crippen LogP contribution < -0.4 is 14.5 Å². The second kappa shape index (κ2) is 10.1. The molecule has 2 aromatic rings. The summed E-state index contributed by atoms with van der Waals surface area (Å²) in [4.78, 5) is 28.0. The number of esters is 1. The van der Waals surface area contributed by atoms with E-state index in [-0.39, 0.29) is 23.6 Å². The number of hydrogen-bond acceptors (Lipinski definition) is 5. The molecular weight excluding hydrogens is 414 g/mol. The van der Waals surface area contributed by atoms with E-state index in [0.29, 0.717) is 17.1 Å². The van der Waals surface area contributed by atoms with Crippen LogP contribution in [0.2, 0.25) is 0 Å². The molecule has 0 aromatic heterocycles. The Morgan fingerprint density at radius 3 is 2.33 bits per heavy atom. The van der Waals surface area contributed by atoms with Crippen LogP contribution in [0.25, 0.3) is 0 Å². The van der Waals surface area contributed by atoms with Crippen LogP contribution in [0.15, 0.2) is 36.4 Å². The molecule has 0 N–H and O–H groups in total. The first-order valence-electron chi connectivity index (χ1n) is 9.02. The summed E-state index contributed by atoms with van der Waals surface area (Å²) < 4.78 is 36.8. The molecule has 0 atom stereocenters. The minimum atomic E-state index is -1.01. The Hall–Kier alpha value is -3.07. The number of thiocarbonyl (C=S) groups is 1. The number of nitrogens with zero attached hydrogens (tertiary/aromatic N) is 2. The Morgan fingerprint density at radius 1 is 1.03 bits per heavy atom. The van der Waals surface area contributed by atoms with Crippen LogP contribution in [0.4, 0.5) is 20.2 Å². The summed E-state index contributed by atoms with van der Waals surface area (Å²) in [7, 11) is 4.53. The van der Waals surface area contributed by atoms with Gasteiger partial charge < -0.3 is 19.3 Å². The molecule has 2 rings (SSSR count). The molecule has 0 heterocycles. The van der Waals surface area contributed by atoms with Crippen molar-refractivity contribution in [3.63, 3.8) is 0 Å². The van der Waals surface area contributed by atoms with Gasteiger partial charge >= 0.3 is 5.97 Å². The second-order valence-corrected chi connectivity index (χ2v) is 6.76. The zero-order valence-corrected chi connectivity index (χ0v) is 17.9. The van der Waals surface area contributed by atoms with Crippen LogP contribution in [0.5, 0.6) is 5.75 Å². The maximum Gasteiger partial charge on any atom is 0.340 e. The number of methoxy groups -OCH3 is 1. The fourth-order valence-corrected chi connectivity index (χ4v) is 2.87. The molecule has 0 aliphatic rings. The predicted molar refractivity (Wildman–Crippen MR) is 114 cm³/mol. The van der Waals surface area contributed by atoms with Gasteiger partial charge in [0.25, 0.3) is 0 Å². The van der Waals surface area contributed by atoms with Gasteiger partial charge in [0.05, 0.1) is 36.4 Å². The van der Waals surface area contributed by atoms with Crippen LogP contribution in [0, 0.1) is 11.6 Å². The summed E-state index contributed by atoms with van der Waals surface area (Å²) in [6.45, 7) is 1.86. The molecule has 0 unspecified atom stereocenters. The fourth-order valence-electron chi connectivity index (χ4n) is 2.65. The Balaban J connectivity index is 2.21. The quantitative estimate of drug-likeness (QED) is 0.484. The summed E-state index contributed by atoms with van der Waals surface area (Å²) in [5.41, 5.74) is 0.815. The van der Waals surface area contributed by atoms with Crippen LogP contribution >= 0.6 is 12.2 Å². The molecule has 9 heteroatoms. The molecule has 0 saturated heterocycles. The van der Waals surface area contributed by atoms with E-state index in [0.717, 1.165) is 12.1 Å². The fraction of sp³-hybridized carbons (Fsp3) is 0.286. The van der Waals surface area contributed by atoms with Crippen LogP contribution in [-0.2, 0) is 9.53 Å². The highest BCUT2D eigenvalue weighted by Gasteiger charge is 2.22. The average molecular weight is 436 g/mol. The minimum absolute atomic E-state index is 0.173. The molecule has 2 aromatic carbocycles. The Morgan fingerprint density at radius 2 is 1.73 bits per heavy atom. The van der Waals surface area contributed by atoms with Crippen LogP contribution in [-0.4, -0.2) is 44.7 Å². The Bertz CT molecular complexity index is 968. The highest BCUT2D eigenvalue weighted by atomic mass is 32.1. The monoisotopic (exact) mass is 436 g/mol. The molecule has 0 saturated carbocycles. The zero-order valence-electron chi connectivity index (χ0n) is 17.1. The van der Waals surface area contributed by atoms with Crippen molar-refractivity contribution in [2.24, 2.45) is 0 Å². The van der Waals surface area contributed by atoms with Crippen LogP contribution in [0.3, 0.4) is 0 Å². The van der Waals surface area contributed by atoms with Gasteiger partial charge in [0.2, 0.25) is 5.91 Å². The van der Waals surface area contributed by atoms with Gasteiger partial charge in [0.15, 0.2) is 11.6 Å². The van der Waals surface area contributed by atoms with Gasteiger partial charge in [0.1, 0.15) is 5.75 Å². The lowest BCUT2D eigenvalue weighted by Crippen LogP contribution is -2.34. The van der Waals surface area contributed by atoms with E-state index in [9.17, 15) is 18.4 Å². The van der Waals surface area contributed by atoms with Crippen molar-refractivity contribution in [1.29, 1.82) is 0 Å². The van der Waals surface area contributed by atoms with Crippen molar-refractivity contribution >= 4 is 40.5 Å². The van der Waals surface area contributed by atoms with Crippen molar-refractivity contribution in [3.05, 3.63) is 53.6 Å². The van der Waals surface area contributed by atoms with Gasteiger partial charge in [-0.15, -0.1) is 0 Å². The molecule has 1 amide bonds. The normalized spacial score (nSPS) is 10.3. The van der Waals surface area contributed by atoms with E-state index >= 15 is 0 Å². The third-order valence-electron chi connectivity index (χ3n) is 4.40. The zero-order chi connectivity index (χ0) is 22.4. The van der Waals surface area contributed by atoms with Crippen molar-refractivity contribution in [2.75, 3.05) is 37.6 Å². The molecule has 0 spiro atoms. The number of hydrogen-bond donors (Lipinski definition) is 0. The molecule has 6 nitrogen and oxygen atoms in total. The van der Waals surface area contributed by atoms with E-state index in [2.05, 4.69) is 0 Å². The lowest BCUT2D eigenvalue weighted by molar-refractivity contribution is -0.117. The van der Waals surface area contributed by atoms with E-state index in [1.54, 1.807) is 26.1 Å². The first kappa shape index (κ1) is 23.2. The van der Waals surface area contributed by atoms with E-state index in [1.165, 1.54) is 36.1 Å². The molecule has 160 valence electrons. The Labute approximate surface area is 179 Å². The molecular formula is C21H22F2N2O4S. The number of carbonyl (C=O) groups is 2. The molecule has 0 fully saturated rings. The van der Waals surface area contributed by atoms with Crippen molar-refractivity contribution in [1.82, 2.24) is 0 Å². The first-order chi connectivity index (χ1) is 14.2. The number of carbonyl (C=O) groups excluding carboxylic acids is 2. The number of anilines is 2. The third-order valence-corrected chi connectivity index (χ3v) is 4.82. The predicted octanol–water partition coefficient (Wildman–Crippen LogP) is 3.97. The topological polar surface area (TPSA) is 59.1 Å². The van der Waals surface area contributed by atoms with Gasteiger partial charge in [-0.3, -0.25) is 4.79 Å². The minimum Gasteiger partial charge on any atom is -0.497 e. The smallest absolute Gasteiger partial charge is 0.340 e. The number of ether oxygens (including phenoxy) is 2. The maximum atomic E-state index is 13.5. The number of benzene rings is 2. The third kappa shape index (κ3) is 5.29. The molecule has 0 radical (unpaired) electrons. The van der Waals surface area contributed by atoms with Crippen molar-refractivity contribution in [3.8, 4) is 5.75 Å². The summed E-state index contributed by atoms with van der Waals surface area (Å²) in [6, 6.07) is 8.03. The van der Waals surface area contributed by atoms with Gasteiger partial charge in [-0.1, -0.05) is 12.2 Å². The summed E-state index contributed by atoms with van der Waals surface area (Å²) >= 11 is 5.30. The number of halogens is 2. The number of rotatable bonds is 7. The molecule has 0 bridgehead atoms. The average Bonchev–Trinajstić information content (AvgIpc) is 2.74. The van der Waals surface area contributed by atoms with Crippen LogP contribution in [0.1, 0.15) is 23.7 Å². The standard InChI is InChI=1S/C21H22F2N2O4S/c1-5-29-21(27)15-11-14(28-4)7-9-18(15)25(3)19(26)12-20(30)24(2)13-6-8-16(22)17(23)10-13/h6-11H,5,12H2,1-4H3. The second-order valence-electron chi connectivity index (χ2n) is 6.28. The summed E-state index contributed by atoms with van der Waals surface area (Å²) in [5.74, 6) is -2.53. The molecule has 0 aliphatic heterocycles. The van der Waals surface area contributed by atoms with Gasteiger partial charge in [-0.2, -0.15) is 0 Å². The lowest BCUT2D eigenvalue weighted by Gasteiger charge is -2.24. The SMILES string of the molecule is CCOC(=O)c1cc(OC)ccc1N(C)C(=O)CC(=S)N(C)c1ccc(F)c(F)c1. The van der Waals surface area contributed by atoms with E-state index in [4.69, 9.17) is 21.7 Å². The van der Waals surface area contributed by atoms with Gasteiger partial charge in [-0.05, 0) is 37.3 Å². The van der Waals surface area contributed by atoms with Crippen molar-refractivity contribution in [2.45, 2.75) is 13.3 Å². The molecule has 30 heavy (non-hydrogen) atoms. The highest BCUT2D eigenvalue weighted by molar-refractivity contribution is 7.80. The Kier molecular flexibility index (Phi) is 7.82. The lowest BCUT2D eigenvalue weighted by atomic mass is 10.1. The summed E-state index contributed by atoms with van der Waals surface area (Å²) in [6.07, 6.45) is -0.185. The largest absolute Gasteiger partial charge is 0.497 e. The van der Waals surface area contributed by atoms with E-state index in [1.807, 2.05) is 0 Å². The molecule has 0 aliphatic carbocycles. The van der Waals surface area contributed by atoms with Crippen molar-refractivity contribution < 1.29 is 27.8 Å². The van der Waals surface area contributed by atoms with E-state index < -0.39 is 23.5 Å².